The molecular weight excluding hydrogens is 581 g/mol. The van der Waals surface area contributed by atoms with Crippen LogP contribution in [0.25, 0.3) is 0 Å². The first kappa shape index (κ1) is 39.1. The fraction of sp³-hybridized carbons (Fsp3) is 0.767. The number of hydrogen-bond acceptors (Lipinski definition) is 10. The number of aliphatic hydroxyl groups excluding tert-OH is 2. The molecule has 43 heavy (non-hydrogen) atoms. The smallest absolute Gasteiger partial charge is 0.462 e. The second-order valence-electron chi connectivity index (χ2n) is 12.0. The number of phosphoric acid groups is 1. The number of carbonyl (C=O) groups excluding carboxylic acids is 3. The maximum Gasteiger partial charge on any atom is 0.472 e. The van der Waals surface area contributed by atoms with Crippen LogP contribution in [0.3, 0.4) is 0 Å². The second-order valence-corrected chi connectivity index (χ2v) is 13.4. The zero-order chi connectivity index (χ0) is 32.5. The number of Topliss-reactive ketones (excluding diaryl/α,β-unsaturated/α-hetero) is 1. The number of quaternary nitrogens is 1. The zero-order valence-electron chi connectivity index (χ0n) is 26.4. The summed E-state index contributed by atoms with van der Waals surface area (Å²) in [7, 11) is 1.31. The highest BCUT2D eigenvalue weighted by Crippen LogP contribution is 2.43. The van der Waals surface area contributed by atoms with E-state index in [9.17, 15) is 34.1 Å². The van der Waals surface area contributed by atoms with Crippen molar-refractivity contribution in [2.75, 3.05) is 47.5 Å². The van der Waals surface area contributed by atoms with E-state index in [2.05, 4.69) is 6.92 Å². The summed E-state index contributed by atoms with van der Waals surface area (Å²) >= 11 is 0. The molecule has 0 aromatic heterocycles. The van der Waals surface area contributed by atoms with Gasteiger partial charge < -0.3 is 29.1 Å². The minimum atomic E-state index is -4.38. The first-order valence-electron chi connectivity index (χ1n) is 15.1. The van der Waals surface area contributed by atoms with Gasteiger partial charge in [-0.3, -0.25) is 23.4 Å². The third-order valence-corrected chi connectivity index (χ3v) is 7.89. The van der Waals surface area contributed by atoms with Crippen molar-refractivity contribution in [3.8, 4) is 0 Å². The van der Waals surface area contributed by atoms with Gasteiger partial charge in [-0.15, -0.1) is 0 Å². The molecule has 1 rings (SSSR count). The van der Waals surface area contributed by atoms with Crippen LogP contribution in [0, 0.1) is 11.8 Å². The van der Waals surface area contributed by atoms with Crippen LogP contribution in [0.1, 0.15) is 71.6 Å². The molecule has 1 fully saturated rings. The van der Waals surface area contributed by atoms with Crippen molar-refractivity contribution in [2.45, 2.75) is 89.9 Å². The van der Waals surface area contributed by atoms with Crippen LogP contribution in [-0.2, 0) is 37.5 Å². The van der Waals surface area contributed by atoms with E-state index in [1.54, 1.807) is 12.2 Å². The molecule has 12 nitrogen and oxygen atoms in total. The van der Waals surface area contributed by atoms with Crippen LogP contribution in [0.15, 0.2) is 24.3 Å². The highest BCUT2D eigenvalue weighted by Gasteiger charge is 2.39. The minimum Gasteiger partial charge on any atom is -0.462 e. The Bertz CT molecular complexity index is 962. The van der Waals surface area contributed by atoms with Gasteiger partial charge in [-0.05, 0) is 25.7 Å². The highest BCUT2D eigenvalue weighted by molar-refractivity contribution is 7.47. The van der Waals surface area contributed by atoms with Crippen LogP contribution in [0.2, 0.25) is 0 Å². The summed E-state index contributed by atoms with van der Waals surface area (Å²) in [5.74, 6) is -1.89. The number of allylic oxidation sites excluding steroid dienone is 2. The van der Waals surface area contributed by atoms with E-state index in [0.717, 1.165) is 26.2 Å². The Kier molecular flexibility index (Phi) is 18.3. The molecule has 13 heteroatoms. The molecule has 0 aliphatic heterocycles. The summed E-state index contributed by atoms with van der Waals surface area (Å²) < 4.78 is 32.7. The van der Waals surface area contributed by atoms with E-state index in [1.165, 1.54) is 0 Å². The third kappa shape index (κ3) is 18.5. The molecule has 1 unspecified atom stereocenters. The van der Waals surface area contributed by atoms with Crippen molar-refractivity contribution in [1.82, 2.24) is 0 Å². The maximum absolute atomic E-state index is 12.4. The summed E-state index contributed by atoms with van der Waals surface area (Å²) in [5, 5.41) is 20.5. The van der Waals surface area contributed by atoms with Crippen molar-refractivity contribution >= 4 is 25.5 Å². The lowest BCUT2D eigenvalue weighted by Gasteiger charge is -2.24. The number of likely N-dealkylation sites (N-methyl/N-ethyl adjacent to an activating group) is 1. The number of esters is 2. The van der Waals surface area contributed by atoms with Gasteiger partial charge in [-0.2, -0.15) is 0 Å². The molecule has 0 radical (unpaired) electrons. The molecule has 0 amide bonds. The van der Waals surface area contributed by atoms with Crippen LogP contribution < -0.4 is 0 Å². The van der Waals surface area contributed by atoms with Crippen LogP contribution in [-0.4, -0.2) is 103 Å². The molecule has 248 valence electrons. The minimum absolute atomic E-state index is 0.00422. The average Bonchev–Trinajstić information content (AvgIpc) is 3.17. The molecule has 0 heterocycles. The lowest BCUT2D eigenvalue weighted by molar-refractivity contribution is -0.870. The van der Waals surface area contributed by atoms with Crippen molar-refractivity contribution in [2.24, 2.45) is 11.8 Å². The standard InChI is InChI=1S/C30H52NO11P/c1-6-7-10-13-24(33)16-17-27-26(28(34)20-29(27)35)14-11-8-9-12-15-30(36)39-21-25(42-23(2)32)22-41-43(37,38)40-19-18-31(3,4)5/h8,11,16-17,24-27,29,33,35H,6-7,9-10,12-15,18-22H2,1-5H3/p+1/b11-8-,17-16+/t24-,25+,26+,27+,29+/m0/s1. The van der Waals surface area contributed by atoms with E-state index in [0.29, 0.717) is 36.7 Å². The topological polar surface area (TPSA) is 166 Å². The fourth-order valence-electron chi connectivity index (χ4n) is 4.46. The van der Waals surface area contributed by atoms with Gasteiger partial charge in [0.05, 0.1) is 40.0 Å². The Labute approximate surface area is 256 Å². The Balaban J connectivity index is 2.43. The third-order valence-electron chi connectivity index (χ3n) is 6.90. The number of hydrogen-bond donors (Lipinski definition) is 3. The number of nitrogens with zero attached hydrogens (tertiary/aromatic N) is 1. The number of carbonyl (C=O) groups is 3. The van der Waals surface area contributed by atoms with Crippen molar-refractivity contribution in [1.29, 1.82) is 0 Å². The van der Waals surface area contributed by atoms with Gasteiger partial charge in [0.15, 0.2) is 6.10 Å². The van der Waals surface area contributed by atoms with E-state index < -0.39 is 44.7 Å². The maximum atomic E-state index is 12.4. The number of aliphatic hydroxyl groups is 2. The monoisotopic (exact) mass is 634 g/mol. The molecule has 0 aromatic carbocycles. The van der Waals surface area contributed by atoms with E-state index in [4.69, 9.17) is 18.5 Å². The number of phosphoric ester groups is 1. The molecule has 3 N–H and O–H groups in total. The van der Waals surface area contributed by atoms with Gasteiger partial charge >= 0.3 is 19.8 Å². The fourth-order valence-corrected chi connectivity index (χ4v) is 5.20. The van der Waals surface area contributed by atoms with Crippen molar-refractivity contribution in [3.05, 3.63) is 24.3 Å². The molecule has 0 spiro atoms. The molecule has 1 aliphatic rings. The summed E-state index contributed by atoms with van der Waals surface area (Å²) in [6, 6.07) is 0. The summed E-state index contributed by atoms with van der Waals surface area (Å²) in [6.45, 7) is 2.88. The summed E-state index contributed by atoms with van der Waals surface area (Å²) in [6.07, 6.45) is 10.2. The van der Waals surface area contributed by atoms with Crippen LogP contribution >= 0.6 is 7.82 Å². The average molecular weight is 635 g/mol. The number of unbranched alkanes of at least 4 members (excludes halogenated alkanes) is 3. The highest BCUT2D eigenvalue weighted by atomic mass is 31.2. The lowest BCUT2D eigenvalue weighted by atomic mass is 9.90. The van der Waals surface area contributed by atoms with E-state index in [-0.39, 0.29) is 43.7 Å². The van der Waals surface area contributed by atoms with E-state index >= 15 is 0 Å². The molecular formula is C30H53NO11P+. The van der Waals surface area contributed by atoms with Gasteiger partial charge in [-0.1, -0.05) is 50.5 Å². The lowest BCUT2D eigenvalue weighted by Crippen LogP contribution is -2.37. The Morgan fingerprint density at radius 2 is 1.84 bits per heavy atom. The molecule has 6 atom stereocenters. The van der Waals surface area contributed by atoms with E-state index in [1.807, 2.05) is 33.3 Å². The van der Waals surface area contributed by atoms with Crippen LogP contribution in [0.4, 0.5) is 0 Å². The van der Waals surface area contributed by atoms with Gasteiger partial charge in [0.25, 0.3) is 0 Å². The van der Waals surface area contributed by atoms with Crippen LogP contribution in [0.5, 0.6) is 0 Å². The normalized spacial score (nSPS) is 22.1. The number of rotatable bonds is 22. The SMILES string of the molecule is CCCCC[C@H](O)/C=C/[C@H]1[C@H](O)CC(=O)[C@@H]1C/C=C\CCCC(=O)OC[C@H](COP(=O)(O)OCC[N+](C)(C)C)OC(C)=O. The van der Waals surface area contributed by atoms with Gasteiger partial charge in [0, 0.05) is 31.6 Å². The second kappa shape index (κ2) is 20.2. The number of ether oxygens (including phenoxy) is 2. The molecule has 0 aromatic rings. The number of ketones is 1. The first-order chi connectivity index (χ1) is 20.1. The predicted molar refractivity (Wildman–Crippen MR) is 161 cm³/mol. The molecule has 0 bridgehead atoms. The Hall–Kier alpha value is -1.92. The summed E-state index contributed by atoms with van der Waals surface area (Å²) in [5.41, 5.74) is 0. The van der Waals surface area contributed by atoms with Crippen molar-refractivity contribution < 1.29 is 57.1 Å². The predicted octanol–water partition coefficient (Wildman–Crippen LogP) is 3.48. The van der Waals surface area contributed by atoms with Crippen molar-refractivity contribution in [3.63, 3.8) is 0 Å². The molecule has 1 aliphatic carbocycles. The molecule has 0 saturated heterocycles. The zero-order valence-corrected chi connectivity index (χ0v) is 27.3. The van der Waals surface area contributed by atoms with Gasteiger partial charge in [0.1, 0.15) is 25.5 Å². The molecule has 1 saturated carbocycles. The Morgan fingerprint density at radius 1 is 1.12 bits per heavy atom. The van der Waals surface area contributed by atoms with Gasteiger partial charge in [-0.25, -0.2) is 4.57 Å². The Morgan fingerprint density at radius 3 is 2.49 bits per heavy atom. The first-order valence-corrected chi connectivity index (χ1v) is 16.6. The summed E-state index contributed by atoms with van der Waals surface area (Å²) in [4.78, 5) is 45.9. The van der Waals surface area contributed by atoms with Gasteiger partial charge in [0.2, 0.25) is 0 Å². The quantitative estimate of drug-likeness (QED) is 0.0525. The largest absolute Gasteiger partial charge is 0.472 e.